The molecule has 1 amide bonds. The molecule has 1 aromatic carbocycles. The molecule has 0 bridgehead atoms. The number of alkyl carbamates (subject to hydrolysis) is 1. The summed E-state index contributed by atoms with van der Waals surface area (Å²) in [6.07, 6.45) is -0.918. The third kappa shape index (κ3) is 6.11. The molecular formula is C15H22N2O6. The van der Waals surface area contributed by atoms with Gasteiger partial charge in [0, 0.05) is 19.6 Å². The van der Waals surface area contributed by atoms with Gasteiger partial charge in [-0.2, -0.15) is 0 Å². The van der Waals surface area contributed by atoms with Crippen molar-refractivity contribution in [1.82, 2.24) is 5.32 Å². The maximum absolute atomic E-state index is 11.8. The summed E-state index contributed by atoms with van der Waals surface area (Å²) in [6, 6.07) is 4.48. The number of nitro groups is 1. The predicted molar refractivity (Wildman–Crippen MR) is 83.5 cm³/mol. The number of methoxy groups -OCH3 is 2. The second-order valence-electron chi connectivity index (χ2n) is 5.84. The average Bonchev–Trinajstić information content (AvgIpc) is 2.44. The van der Waals surface area contributed by atoms with Crippen molar-refractivity contribution in [3.8, 4) is 5.75 Å². The minimum atomic E-state index is -0.629. The van der Waals surface area contributed by atoms with Crippen LogP contribution in [0.25, 0.3) is 0 Å². The molecular weight excluding hydrogens is 304 g/mol. The quantitative estimate of drug-likeness (QED) is 0.490. The molecule has 0 aliphatic rings. The van der Waals surface area contributed by atoms with Gasteiger partial charge >= 0.3 is 11.8 Å². The maximum Gasteiger partial charge on any atom is 0.409 e. The van der Waals surface area contributed by atoms with E-state index in [4.69, 9.17) is 14.2 Å². The van der Waals surface area contributed by atoms with Crippen LogP contribution < -0.4 is 10.1 Å². The van der Waals surface area contributed by atoms with Crippen LogP contribution >= 0.6 is 0 Å². The van der Waals surface area contributed by atoms with E-state index in [1.165, 1.54) is 20.3 Å². The molecule has 1 N–H and O–H groups in total. The summed E-state index contributed by atoms with van der Waals surface area (Å²) >= 11 is 0. The number of ether oxygens (including phenoxy) is 3. The van der Waals surface area contributed by atoms with E-state index >= 15 is 0 Å². The summed E-state index contributed by atoms with van der Waals surface area (Å²) in [6.45, 7) is 5.28. The Hall–Kier alpha value is -2.35. The first kappa shape index (κ1) is 18.7. The van der Waals surface area contributed by atoms with Crippen LogP contribution in [-0.2, 0) is 15.9 Å². The van der Waals surface area contributed by atoms with Gasteiger partial charge in [-0.3, -0.25) is 15.4 Å². The lowest BCUT2D eigenvalue weighted by atomic mass is 10.1. The van der Waals surface area contributed by atoms with Gasteiger partial charge < -0.3 is 14.2 Å². The van der Waals surface area contributed by atoms with Gasteiger partial charge in [0.25, 0.3) is 0 Å². The van der Waals surface area contributed by atoms with Crippen LogP contribution in [0.2, 0.25) is 0 Å². The van der Waals surface area contributed by atoms with Crippen LogP contribution in [0.5, 0.6) is 5.75 Å². The zero-order chi connectivity index (χ0) is 17.6. The first-order valence-electron chi connectivity index (χ1n) is 7.00. The van der Waals surface area contributed by atoms with E-state index in [0.717, 1.165) is 5.56 Å². The minimum absolute atomic E-state index is 0.120. The monoisotopic (exact) mass is 326 g/mol. The molecule has 0 aliphatic carbocycles. The Kier molecular flexibility index (Phi) is 6.32. The fourth-order valence-corrected chi connectivity index (χ4v) is 1.85. The number of rotatable bonds is 6. The van der Waals surface area contributed by atoms with E-state index in [0.29, 0.717) is 6.42 Å². The standard InChI is InChI=1S/C15H22N2O6/c1-15(2,3)23-14(18)16-13(22-5)9-10-6-7-11(17(19)20)12(8-10)21-4/h6-8,13H,9H2,1-5H3,(H,16,18). The summed E-state index contributed by atoms with van der Waals surface area (Å²) in [5, 5.41) is 13.5. The van der Waals surface area contributed by atoms with Crippen molar-refractivity contribution >= 4 is 11.8 Å². The van der Waals surface area contributed by atoms with Gasteiger partial charge in [-0.1, -0.05) is 6.07 Å². The van der Waals surface area contributed by atoms with Gasteiger partial charge in [0.05, 0.1) is 12.0 Å². The lowest BCUT2D eigenvalue weighted by molar-refractivity contribution is -0.385. The Bertz CT molecular complexity index is 568. The average molecular weight is 326 g/mol. The van der Waals surface area contributed by atoms with E-state index in [1.807, 2.05) is 0 Å². The van der Waals surface area contributed by atoms with Crippen molar-refractivity contribution in [1.29, 1.82) is 0 Å². The maximum atomic E-state index is 11.8. The van der Waals surface area contributed by atoms with Crippen molar-refractivity contribution in [2.24, 2.45) is 0 Å². The molecule has 1 rings (SSSR count). The molecule has 1 aromatic rings. The van der Waals surface area contributed by atoms with E-state index in [9.17, 15) is 14.9 Å². The van der Waals surface area contributed by atoms with Crippen molar-refractivity contribution in [2.75, 3.05) is 14.2 Å². The van der Waals surface area contributed by atoms with E-state index in [2.05, 4.69) is 5.32 Å². The van der Waals surface area contributed by atoms with Crippen LogP contribution in [0.15, 0.2) is 18.2 Å². The van der Waals surface area contributed by atoms with Gasteiger partial charge in [0.1, 0.15) is 11.8 Å². The van der Waals surface area contributed by atoms with Crippen LogP contribution in [0.4, 0.5) is 10.5 Å². The SMILES string of the molecule is COc1cc(CC(NC(=O)OC(C)(C)C)OC)ccc1[N+](=O)[O-]. The highest BCUT2D eigenvalue weighted by atomic mass is 16.6. The van der Waals surface area contributed by atoms with Crippen LogP contribution in [-0.4, -0.2) is 37.1 Å². The molecule has 0 saturated heterocycles. The number of benzene rings is 1. The molecule has 0 heterocycles. The molecule has 1 unspecified atom stereocenters. The van der Waals surface area contributed by atoms with Crippen molar-refractivity contribution in [3.05, 3.63) is 33.9 Å². The predicted octanol–water partition coefficient (Wildman–Crippen LogP) is 2.64. The highest BCUT2D eigenvalue weighted by Gasteiger charge is 2.21. The van der Waals surface area contributed by atoms with Crippen molar-refractivity contribution in [3.63, 3.8) is 0 Å². The molecule has 0 aliphatic heterocycles. The summed E-state index contributed by atoms with van der Waals surface area (Å²) < 4.78 is 15.4. The molecule has 8 heteroatoms. The molecule has 0 spiro atoms. The molecule has 128 valence electrons. The molecule has 1 atom stereocenters. The van der Waals surface area contributed by atoms with Gasteiger partial charge in [0.15, 0.2) is 5.75 Å². The highest BCUT2D eigenvalue weighted by Crippen LogP contribution is 2.28. The molecule has 0 aromatic heterocycles. The topological polar surface area (TPSA) is 99.9 Å². The normalized spacial score (nSPS) is 12.4. The third-order valence-corrected chi connectivity index (χ3v) is 2.82. The Labute approximate surface area is 134 Å². The number of carbonyl (C=O) groups is 1. The minimum Gasteiger partial charge on any atom is -0.490 e. The number of carbonyl (C=O) groups excluding carboxylic acids is 1. The zero-order valence-corrected chi connectivity index (χ0v) is 13.9. The van der Waals surface area contributed by atoms with E-state index in [1.54, 1.807) is 32.9 Å². The molecule has 0 fully saturated rings. The Morgan fingerprint density at radius 2 is 2.00 bits per heavy atom. The summed E-state index contributed by atoms with van der Waals surface area (Å²) in [7, 11) is 2.81. The van der Waals surface area contributed by atoms with Crippen molar-refractivity contribution in [2.45, 2.75) is 39.0 Å². The number of amides is 1. The van der Waals surface area contributed by atoms with Crippen LogP contribution in [0, 0.1) is 10.1 Å². The highest BCUT2D eigenvalue weighted by molar-refractivity contribution is 5.68. The molecule has 0 saturated carbocycles. The summed E-state index contributed by atoms with van der Waals surface area (Å²) in [5.74, 6) is 0.152. The lowest BCUT2D eigenvalue weighted by Gasteiger charge is -2.23. The van der Waals surface area contributed by atoms with Crippen LogP contribution in [0.3, 0.4) is 0 Å². The Morgan fingerprint density at radius 3 is 2.48 bits per heavy atom. The smallest absolute Gasteiger partial charge is 0.409 e. The number of nitrogens with zero attached hydrogens (tertiary/aromatic N) is 1. The lowest BCUT2D eigenvalue weighted by Crippen LogP contribution is -2.41. The van der Waals surface area contributed by atoms with Gasteiger partial charge in [-0.15, -0.1) is 0 Å². The zero-order valence-electron chi connectivity index (χ0n) is 13.9. The largest absolute Gasteiger partial charge is 0.490 e. The molecule has 23 heavy (non-hydrogen) atoms. The summed E-state index contributed by atoms with van der Waals surface area (Å²) in [5.41, 5.74) is -0.0143. The van der Waals surface area contributed by atoms with Gasteiger partial charge in [0.2, 0.25) is 0 Å². The number of hydrogen-bond acceptors (Lipinski definition) is 6. The third-order valence-electron chi connectivity index (χ3n) is 2.82. The van der Waals surface area contributed by atoms with E-state index < -0.39 is 22.8 Å². The Balaban J connectivity index is 2.79. The number of nitrogens with one attached hydrogen (secondary N) is 1. The summed E-state index contributed by atoms with van der Waals surface area (Å²) in [4.78, 5) is 22.1. The van der Waals surface area contributed by atoms with Gasteiger partial charge in [-0.05, 0) is 32.4 Å². The van der Waals surface area contributed by atoms with E-state index in [-0.39, 0.29) is 11.4 Å². The Morgan fingerprint density at radius 1 is 1.35 bits per heavy atom. The molecule has 8 nitrogen and oxygen atoms in total. The fraction of sp³-hybridized carbons (Fsp3) is 0.533. The number of nitro benzene ring substituents is 1. The second kappa shape index (κ2) is 7.77. The second-order valence-corrected chi connectivity index (χ2v) is 5.84. The van der Waals surface area contributed by atoms with Gasteiger partial charge in [-0.25, -0.2) is 4.79 Å². The fourth-order valence-electron chi connectivity index (χ4n) is 1.85. The first-order chi connectivity index (χ1) is 10.7. The van der Waals surface area contributed by atoms with Crippen LogP contribution in [0.1, 0.15) is 26.3 Å². The number of hydrogen-bond donors (Lipinski definition) is 1. The molecule has 0 radical (unpaired) electrons. The first-order valence-corrected chi connectivity index (χ1v) is 7.00. The van der Waals surface area contributed by atoms with Crippen molar-refractivity contribution < 1.29 is 23.9 Å².